The van der Waals surface area contributed by atoms with Crippen LogP contribution >= 0.6 is 0 Å². The van der Waals surface area contributed by atoms with Crippen molar-refractivity contribution in [3.05, 3.63) is 65.2 Å². The molecule has 3 aliphatic heterocycles. The van der Waals surface area contributed by atoms with Crippen LogP contribution in [0.25, 0.3) is 11.1 Å². The Morgan fingerprint density at radius 1 is 0.829 bits per heavy atom. The molecular weight excluding hydrogens is 530 g/mol. The summed E-state index contributed by atoms with van der Waals surface area (Å²) < 4.78 is 53.3. The highest BCUT2D eigenvalue weighted by Gasteiger charge is 2.37. The summed E-state index contributed by atoms with van der Waals surface area (Å²) >= 11 is 0. The Bertz CT molecular complexity index is 1420. The quantitative estimate of drug-likeness (QED) is 0.353. The lowest BCUT2D eigenvalue weighted by Crippen LogP contribution is -2.19. The molecule has 0 bridgehead atoms. The molecule has 10 heteroatoms. The molecule has 6 rings (SSSR count). The van der Waals surface area contributed by atoms with Gasteiger partial charge in [-0.3, -0.25) is 0 Å². The third kappa shape index (κ3) is 5.03. The summed E-state index contributed by atoms with van der Waals surface area (Å²) in [4.78, 5) is 5.01. The molecule has 0 N–H and O–H groups in total. The van der Waals surface area contributed by atoms with Crippen LogP contribution in [0.15, 0.2) is 53.5 Å². The van der Waals surface area contributed by atoms with Gasteiger partial charge in [-0.25, -0.2) is 4.99 Å². The smallest absolute Gasteiger partial charge is 0.231 e. The van der Waals surface area contributed by atoms with Gasteiger partial charge in [0.25, 0.3) is 0 Å². The van der Waals surface area contributed by atoms with Gasteiger partial charge in [-0.2, -0.15) is 0 Å². The summed E-state index contributed by atoms with van der Waals surface area (Å²) in [6.07, 6.45) is -0.156. The van der Waals surface area contributed by atoms with Gasteiger partial charge >= 0.3 is 0 Å². The maximum Gasteiger partial charge on any atom is 0.231 e. The van der Waals surface area contributed by atoms with Crippen LogP contribution in [0.4, 0.5) is 0 Å². The van der Waals surface area contributed by atoms with Crippen LogP contribution in [0.1, 0.15) is 35.5 Å². The van der Waals surface area contributed by atoms with Crippen LogP contribution in [-0.4, -0.2) is 67.0 Å². The largest absolute Gasteiger partial charge is 0.493 e. The van der Waals surface area contributed by atoms with Gasteiger partial charge in [-0.15, -0.1) is 0 Å². The first kappa shape index (κ1) is 27.2. The van der Waals surface area contributed by atoms with Gasteiger partial charge < -0.3 is 42.6 Å². The minimum absolute atomic E-state index is 0.119. The molecule has 3 aliphatic rings. The molecular formula is C31H33NO9. The first-order valence-electron chi connectivity index (χ1n) is 13.5. The topological polar surface area (TPSA) is 95.4 Å². The van der Waals surface area contributed by atoms with E-state index in [9.17, 15) is 0 Å². The van der Waals surface area contributed by atoms with E-state index in [1.807, 2.05) is 48.5 Å². The van der Waals surface area contributed by atoms with Crippen molar-refractivity contribution in [1.82, 2.24) is 0 Å². The molecule has 2 atom stereocenters. The van der Waals surface area contributed by atoms with Gasteiger partial charge in [0, 0.05) is 18.2 Å². The summed E-state index contributed by atoms with van der Waals surface area (Å²) in [6.45, 7) is 1.64. The Balaban J connectivity index is 1.58. The Morgan fingerprint density at radius 3 is 2.24 bits per heavy atom. The third-order valence-electron chi connectivity index (χ3n) is 7.29. The molecule has 0 aliphatic carbocycles. The number of aliphatic imine (C=N–C) groups is 1. The SMILES string of the molecule is COCC1N=C(c2cc(OC)c(OC)c(OC)c2-c2cc3c(cc2C2OCCCO2)OCO3)OC1c1ccccc1. The highest BCUT2D eigenvalue weighted by Crippen LogP contribution is 2.52. The second kappa shape index (κ2) is 11.9. The van der Waals surface area contributed by atoms with Crippen molar-refractivity contribution in [3.8, 4) is 39.9 Å². The number of methoxy groups -OCH3 is 4. The lowest BCUT2D eigenvalue weighted by Gasteiger charge is -2.27. The van der Waals surface area contributed by atoms with Crippen molar-refractivity contribution >= 4 is 5.90 Å². The van der Waals surface area contributed by atoms with Gasteiger partial charge in [-0.05, 0) is 35.7 Å². The fourth-order valence-electron chi connectivity index (χ4n) is 5.44. The standard InChI is InChI=1S/C31H33NO9/c1-33-16-22-27(18-9-6-5-7-10-18)41-30(32-22)21-15-25(34-2)28(35-3)29(36-4)26(21)19-13-23-24(40-17-39-23)14-20(19)31-37-11-8-12-38-31/h5-7,9-10,13-15,22,27,31H,8,11-12,16-17H2,1-4H3. The first-order chi connectivity index (χ1) is 20.2. The highest BCUT2D eigenvalue weighted by molar-refractivity contribution is 6.05. The maximum absolute atomic E-state index is 6.61. The maximum atomic E-state index is 6.61. The number of hydrogen-bond acceptors (Lipinski definition) is 10. The Morgan fingerprint density at radius 2 is 1.56 bits per heavy atom. The third-order valence-corrected chi connectivity index (χ3v) is 7.29. The molecule has 2 unspecified atom stereocenters. The van der Waals surface area contributed by atoms with Crippen molar-refractivity contribution in [2.45, 2.75) is 24.9 Å². The number of rotatable bonds is 9. The van der Waals surface area contributed by atoms with E-state index < -0.39 is 6.29 Å². The van der Waals surface area contributed by atoms with E-state index in [0.29, 0.717) is 65.6 Å². The van der Waals surface area contributed by atoms with Crippen LogP contribution in [0.3, 0.4) is 0 Å². The summed E-state index contributed by atoms with van der Waals surface area (Å²) in [7, 11) is 6.39. The number of hydrogen-bond donors (Lipinski definition) is 0. The zero-order valence-electron chi connectivity index (χ0n) is 23.5. The van der Waals surface area contributed by atoms with Crippen LogP contribution in [0, 0.1) is 0 Å². The van der Waals surface area contributed by atoms with E-state index in [2.05, 4.69) is 0 Å². The highest BCUT2D eigenvalue weighted by atomic mass is 16.7. The number of ether oxygens (including phenoxy) is 9. The van der Waals surface area contributed by atoms with E-state index in [4.69, 9.17) is 47.6 Å². The molecule has 3 heterocycles. The number of nitrogens with zero attached hydrogens (tertiary/aromatic N) is 1. The van der Waals surface area contributed by atoms with E-state index in [1.54, 1.807) is 28.4 Å². The first-order valence-corrected chi connectivity index (χ1v) is 13.5. The molecule has 41 heavy (non-hydrogen) atoms. The van der Waals surface area contributed by atoms with Crippen molar-refractivity contribution in [1.29, 1.82) is 0 Å². The second-order valence-corrected chi connectivity index (χ2v) is 9.69. The van der Waals surface area contributed by atoms with Gasteiger partial charge in [0.1, 0.15) is 6.04 Å². The molecule has 216 valence electrons. The normalized spacial score (nSPS) is 20.0. The predicted octanol–water partition coefficient (Wildman–Crippen LogP) is 5.08. The molecule has 0 saturated carbocycles. The Labute approximate surface area is 238 Å². The average molecular weight is 564 g/mol. The fourth-order valence-corrected chi connectivity index (χ4v) is 5.44. The van der Waals surface area contributed by atoms with Gasteiger partial charge in [0.05, 0.1) is 46.7 Å². The molecule has 0 radical (unpaired) electrons. The van der Waals surface area contributed by atoms with Crippen LogP contribution < -0.4 is 23.7 Å². The minimum Gasteiger partial charge on any atom is -0.493 e. The lowest BCUT2D eigenvalue weighted by molar-refractivity contribution is -0.182. The molecule has 3 aromatic carbocycles. The zero-order valence-corrected chi connectivity index (χ0v) is 23.5. The number of fused-ring (bicyclic) bond motifs is 1. The zero-order chi connectivity index (χ0) is 28.3. The summed E-state index contributed by atoms with van der Waals surface area (Å²) in [5, 5.41) is 0. The minimum atomic E-state index is -0.622. The Kier molecular flexibility index (Phi) is 7.86. The molecule has 0 amide bonds. The van der Waals surface area contributed by atoms with Crippen molar-refractivity contribution in [2.75, 3.05) is 55.1 Å². The molecule has 0 aromatic heterocycles. The van der Waals surface area contributed by atoms with E-state index >= 15 is 0 Å². The van der Waals surface area contributed by atoms with Crippen molar-refractivity contribution < 1.29 is 42.6 Å². The molecule has 1 saturated heterocycles. The lowest BCUT2D eigenvalue weighted by atomic mass is 9.92. The van der Waals surface area contributed by atoms with E-state index in [0.717, 1.165) is 23.1 Å². The van der Waals surface area contributed by atoms with Gasteiger partial charge in [0.2, 0.25) is 18.4 Å². The van der Waals surface area contributed by atoms with E-state index in [1.165, 1.54) is 0 Å². The Hall–Kier alpha value is -3.99. The molecule has 3 aromatic rings. The fraction of sp³-hybridized carbons (Fsp3) is 0.387. The molecule has 10 nitrogen and oxygen atoms in total. The summed E-state index contributed by atoms with van der Waals surface area (Å²) in [5.74, 6) is 2.96. The molecule has 1 fully saturated rings. The predicted molar refractivity (Wildman–Crippen MR) is 149 cm³/mol. The van der Waals surface area contributed by atoms with Crippen LogP contribution in [-0.2, 0) is 18.9 Å². The van der Waals surface area contributed by atoms with Crippen molar-refractivity contribution in [2.24, 2.45) is 4.99 Å². The average Bonchev–Trinajstić information content (AvgIpc) is 3.67. The van der Waals surface area contributed by atoms with Gasteiger partial charge in [0.15, 0.2) is 35.4 Å². The summed E-state index contributed by atoms with van der Waals surface area (Å²) in [5.41, 5.74) is 3.81. The van der Waals surface area contributed by atoms with E-state index in [-0.39, 0.29) is 18.9 Å². The van der Waals surface area contributed by atoms with Crippen LogP contribution in [0.2, 0.25) is 0 Å². The van der Waals surface area contributed by atoms with Crippen molar-refractivity contribution in [3.63, 3.8) is 0 Å². The monoisotopic (exact) mass is 563 g/mol. The van der Waals surface area contributed by atoms with Crippen LogP contribution in [0.5, 0.6) is 28.7 Å². The molecule has 0 spiro atoms. The van der Waals surface area contributed by atoms with Gasteiger partial charge in [-0.1, -0.05) is 30.3 Å². The second-order valence-electron chi connectivity index (χ2n) is 9.69. The number of benzene rings is 3. The summed E-state index contributed by atoms with van der Waals surface area (Å²) in [6, 6.07) is 15.4.